The van der Waals surface area contributed by atoms with Crippen molar-refractivity contribution in [2.45, 2.75) is 25.1 Å². The van der Waals surface area contributed by atoms with Crippen LogP contribution < -0.4 is 4.90 Å². The number of thioether (sulfide) groups is 1. The predicted molar refractivity (Wildman–Crippen MR) is 103 cm³/mol. The molecule has 6 heteroatoms. The molecule has 0 saturated heterocycles. The molecule has 0 radical (unpaired) electrons. The van der Waals surface area contributed by atoms with E-state index in [9.17, 15) is 4.79 Å². The summed E-state index contributed by atoms with van der Waals surface area (Å²) in [4.78, 5) is 19.0. The molecule has 4 rings (SSSR count). The summed E-state index contributed by atoms with van der Waals surface area (Å²) >= 11 is 1.50. The molecule has 0 bridgehead atoms. The number of rotatable bonds is 5. The zero-order valence-corrected chi connectivity index (χ0v) is 15.3. The average molecular weight is 365 g/mol. The third-order valence-corrected chi connectivity index (χ3v) is 5.33. The van der Waals surface area contributed by atoms with E-state index in [0.29, 0.717) is 23.2 Å². The van der Waals surface area contributed by atoms with Gasteiger partial charge < -0.3 is 9.42 Å². The maximum Gasteiger partial charge on any atom is 0.237 e. The molecule has 0 aliphatic carbocycles. The van der Waals surface area contributed by atoms with E-state index in [4.69, 9.17) is 4.52 Å². The second-order valence-corrected chi connectivity index (χ2v) is 7.30. The van der Waals surface area contributed by atoms with Crippen molar-refractivity contribution in [1.29, 1.82) is 0 Å². The Bertz CT molecular complexity index is 910. The van der Waals surface area contributed by atoms with Crippen LogP contribution in [-0.2, 0) is 17.0 Å². The first-order valence-corrected chi connectivity index (χ1v) is 9.73. The van der Waals surface area contributed by atoms with Crippen molar-refractivity contribution in [2.75, 3.05) is 10.7 Å². The maximum atomic E-state index is 12.7. The molecule has 1 aliphatic rings. The Morgan fingerprint density at radius 1 is 1.19 bits per heavy atom. The molecule has 0 spiro atoms. The number of fused-ring (bicyclic) bond motifs is 1. The van der Waals surface area contributed by atoms with Gasteiger partial charge in [-0.1, -0.05) is 53.7 Å². The van der Waals surface area contributed by atoms with E-state index >= 15 is 0 Å². The SMILES string of the molecule is C[C@H]1Cc2ccccc2N1C(=O)CSCc1nc(-c2ccccc2)no1. The average Bonchev–Trinajstić information content (AvgIpc) is 3.26. The number of anilines is 1. The lowest BCUT2D eigenvalue weighted by Crippen LogP contribution is -2.37. The van der Waals surface area contributed by atoms with Crippen molar-refractivity contribution < 1.29 is 9.32 Å². The first kappa shape index (κ1) is 16.8. The van der Waals surface area contributed by atoms with Crippen LogP contribution in [0.5, 0.6) is 0 Å². The number of amides is 1. The molecule has 0 saturated carbocycles. The number of para-hydroxylation sites is 1. The first-order valence-electron chi connectivity index (χ1n) is 8.58. The Kier molecular flexibility index (Phi) is 4.75. The van der Waals surface area contributed by atoms with Gasteiger partial charge in [-0.05, 0) is 25.0 Å². The highest BCUT2D eigenvalue weighted by molar-refractivity contribution is 7.99. The fourth-order valence-corrected chi connectivity index (χ4v) is 3.97. The van der Waals surface area contributed by atoms with Crippen LogP contribution in [0.25, 0.3) is 11.4 Å². The van der Waals surface area contributed by atoms with Crippen molar-refractivity contribution in [1.82, 2.24) is 10.1 Å². The molecule has 1 amide bonds. The Labute approximate surface area is 156 Å². The molecule has 1 atom stereocenters. The zero-order chi connectivity index (χ0) is 17.9. The van der Waals surface area contributed by atoms with E-state index in [1.807, 2.05) is 53.4 Å². The van der Waals surface area contributed by atoms with Gasteiger partial charge in [0.15, 0.2) is 0 Å². The van der Waals surface area contributed by atoms with E-state index in [2.05, 4.69) is 23.1 Å². The lowest BCUT2D eigenvalue weighted by Gasteiger charge is -2.22. The van der Waals surface area contributed by atoms with E-state index < -0.39 is 0 Å². The summed E-state index contributed by atoms with van der Waals surface area (Å²) in [7, 11) is 0. The summed E-state index contributed by atoms with van der Waals surface area (Å²) in [6.45, 7) is 2.09. The zero-order valence-electron chi connectivity index (χ0n) is 14.5. The Morgan fingerprint density at radius 2 is 1.96 bits per heavy atom. The Morgan fingerprint density at radius 3 is 2.81 bits per heavy atom. The number of carbonyl (C=O) groups is 1. The molecule has 26 heavy (non-hydrogen) atoms. The quantitative estimate of drug-likeness (QED) is 0.685. The molecular formula is C20H19N3O2S. The van der Waals surface area contributed by atoms with Crippen LogP contribution in [0.2, 0.25) is 0 Å². The normalized spacial score (nSPS) is 15.9. The summed E-state index contributed by atoms with van der Waals surface area (Å²) in [5.41, 5.74) is 3.20. The van der Waals surface area contributed by atoms with Gasteiger partial charge in [0.1, 0.15) is 0 Å². The standard InChI is InChI=1S/C20H19N3O2S/c1-14-11-16-9-5-6-10-17(16)23(14)19(24)13-26-12-18-21-20(22-25-18)15-7-3-2-4-8-15/h2-10,14H,11-13H2,1H3/t14-/m0/s1. The molecule has 2 heterocycles. The van der Waals surface area contributed by atoms with Crippen LogP contribution in [0.3, 0.4) is 0 Å². The van der Waals surface area contributed by atoms with Gasteiger partial charge in [-0.15, -0.1) is 11.8 Å². The molecule has 132 valence electrons. The van der Waals surface area contributed by atoms with Crippen LogP contribution in [0.15, 0.2) is 59.1 Å². The van der Waals surface area contributed by atoms with Gasteiger partial charge in [0.05, 0.1) is 11.5 Å². The minimum absolute atomic E-state index is 0.121. The number of carbonyl (C=O) groups excluding carboxylic acids is 1. The minimum Gasteiger partial charge on any atom is -0.338 e. The highest BCUT2D eigenvalue weighted by Crippen LogP contribution is 2.32. The molecule has 3 aromatic rings. The first-order chi connectivity index (χ1) is 12.7. The monoisotopic (exact) mass is 365 g/mol. The van der Waals surface area contributed by atoms with Gasteiger partial charge >= 0.3 is 0 Å². The highest BCUT2D eigenvalue weighted by Gasteiger charge is 2.30. The van der Waals surface area contributed by atoms with Gasteiger partial charge in [0.25, 0.3) is 0 Å². The molecule has 1 aromatic heterocycles. The molecule has 0 N–H and O–H groups in total. The van der Waals surface area contributed by atoms with Crippen molar-refractivity contribution in [3.05, 3.63) is 66.1 Å². The number of hydrogen-bond donors (Lipinski definition) is 0. The van der Waals surface area contributed by atoms with Crippen LogP contribution in [-0.4, -0.2) is 27.8 Å². The van der Waals surface area contributed by atoms with Crippen molar-refractivity contribution in [3.8, 4) is 11.4 Å². The summed E-state index contributed by atoms with van der Waals surface area (Å²) < 4.78 is 5.30. The second-order valence-electron chi connectivity index (χ2n) is 6.32. The highest BCUT2D eigenvalue weighted by atomic mass is 32.2. The van der Waals surface area contributed by atoms with Crippen molar-refractivity contribution >= 4 is 23.4 Å². The Balaban J connectivity index is 1.35. The van der Waals surface area contributed by atoms with Crippen LogP contribution in [0, 0.1) is 0 Å². The van der Waals surface area contributed by atoms with Crippen LogP contribution in [0.4, 0.5) is 5.69 Å². The van der Waals surface area contributed by atoms with Crippen molar-refractivity contribution in [3.63, 3.8) is 0 Å². The number of aromatic nitrogens is 2. The maximum absolute atomic E-state index is 12.7. The number of benzene rings is 2. The lowest BCUT2D eigenvalue weighted by atomic mass is 10.1. The van der Waals surface area contributed by atoms with E-state index in [1.165, 1.54) is 17.3 Å². The third-order valence-electron chi connectivity index (χ3n) is 4.43. The molecule has 5 nitrogen and oxygen atoms in total. The van der Waals surface area contributed by atoms with Gasteiger partial charge in [-0.25, -0.2) is 0 Å². The molecule has 0 fully saturated rings. The smallest absolute Gasteiger partial charge is 0.237 e. The van der Waals surface area contributed by atoms with Gasteiger partial charge in [-0.3, -0.25) is 4.79 Å². The van der Waals surface area contributed by atoms with Gasteiger partial charge in [0, 0.05) is 17.3 Å². The fraction of sp³-hybridized carbons (Fsp3) is 0.250. The largest absolute Gasteiger partial charge is 0.338 e. The summed E-state index contributed by atoms with van der Waals surface area (Å²) in [6.07, 6.45) is 0.913. The fourth-order valence-electron chi connectivity index (χ4n) is 3.26. The van der Waals surface area contributed by atoms with Crippen LogP contribution in [0.1, 0.15) is 18.4 Å². The summed E-state index contributed by atoms with van der Waals surface area (Å²) in [6, 6.07) is 18.0. The molecule has 2 aromatic carbocycles. The number of nitrogens with zero attached hydrogens (tertiary/aromatic N) is 3. The van der Waals surface area contributed by atoms with Gasteiger partial charge in [-0.2, -0.15) is 4.98 Å². The summed E-state index contributed by atoms with van der Waals surface area (Å²) in [5, 5.41) is 4.01. The van der Waals surface area contributed by atoms with E-state index in [0.717, 1.165) is 17.7 Å². The van der Waals surface area contributed by atoms with E-state index in [1.54, 1.807) is 0 Å². The lowest BCUT2D eigenvalue weighted by molar-refractivity contribution is -0.116. The third kappa shape index (κ3) is 3.37. The number of hydrogen-bond acceptors (Lipinski definition) is 5. The topological polar surface area (TPSA) is 59.2 Å². The molecule has 0 unspecified atom stereocenters. The second kappa shape index (κ2) is 7.33. The van der Waals surface area contributed by atoms with Crippen molar-refractivity contribution in [2.24, 2.45) is 0 Å². The molecule has 1 aliphatic heterocycles. The summed E-state index contributed by atoms with van der Waals surface area (Å²) in [5.74, 6) is 2.15. The van der Waals surface area contributed by atoms with Crippen LogP contribution >= 0.6 is 11.8 Å². The van der Waals surface area contributed by atoms with Gasteiger partial charge in [0.2, 0.25) is 17.6 Å². The van der Waals surface area contributed by atoms with E-state index in [-0.39, 0.29) is 11.9 Å². The Hall–Kier alpha value is -2.60. The molecular weight excluding hydrogens is 346 g/mol. The minimum atomic E-state index is 0.121. The predicted octanol–water partition coefficient (Wildman–Crippen LogP) is 3.95.